The largest absolute Gasteiger partial charge is 0.495 e. The minimum Gasteiger partial charge on any atom is -0.495 e. The molecule has 0 aliphatic carbocycles. The van der Waals surface area contributed by atoms with Gasteiger partial charge < -0.3 is 14.5 Å². The molecule has 24 heavy (non-hydrogen) atoms. The average Bonchev–Trinajstić information content (AvgIpc) is 2.67. The number of ether oxygens (including phenoxy) is 1. The fraction of sp³-hybridized carbons (Fsp3) is 0.368. The second-order valence-electron chi connectivity index (χ2n) is 5.90. The number of benzene rings is 1. The molecule has 0 saturated carbocycles. The van der Waals surface area contributed by atoms with Crippen LogP contribution < -0.4 is 9.64 Å². The van der Waals surface area contributed by atoms with Gasteiger partial charge in [0.25, 0.3) is 0 Å². The Bertz CT molecular complexity index is 667. The minimum absolute atomic E-state index is 0.221. The Balaban J connectivity index is 1.52. The molecule has 1 fully saturated rings. The Morgan fingerprint density at radius 1 is 1.12 bits per heavy atom. The predicted molar refractivity (Wildman–Crippen MR) is 94.3 cm³/mol. The SMILES string of the molecule is COc1ccccc1N1CCN(C(=O)CCc2cccnc2)CC1. The lowest BCUT2D eigenvalue weighted by Crippen LogP contribution is -2.48. The number of anilines is 1. The van der Waals surface area contributed by atoms with Crippen LogP contribution in [-0.4, -0.2) is 49.1 Å². The van der Waals surface area contributed by atoms with Gasteiger partial charge in [-0.05, 0) is 30.2 Å². The summed E-state index contributed by atoms with van der Waals surface area (Å²) in [4.78, 5) is 20.7. The lowest BCUT2D eigenvalue weighted by Gasteiger charge is -2.36. The maximum atomic E-state index is 12.4. The van der Waals surface area contributed by atoms with E-state index in [2.05, 4.69) is 16.0 Å². The van der Waals surface area contributed by atoms with Gasteiger partial charge in [0.15, 0.2) is 0 Å². The highest BCUT2D eigenvalue weighted by Gasteiger charge is 2.22. The standard InChI is InChI=1S/C19H23N3O2/c1-24-18-7-3-2-6-17(18)21-11-13-22(14-12-21)19(23)9-8-16-5-4-10-20-15-16/h2-7,10,15H,8-9,11-14H2,1H3. The van der Waals surface area contributed by atoms with Crippen molar-refractivity contribution in [3.63, 3.8) is 0 Å². The molecule has 3 rings (SSSR count). The fourth-order valence-electron chi connectivity index (χ4n) is 3.04. The first-order valence-electron chi connectivity index (χ1n) is 8.32. The van der Waals surface area contributed by atoms with E-state index < -0.39 is 0 Å². The van der Waals surface area contributed by atoms with Crippen LogP contribution in [0, 0.1) is 0 Å². The van der Waals surface area contributed by atoms with Crippen LogP contribution in [0.15, 0.2) is 48.8 Å². The van der Waals surface area contributed by atoms with Crippen LogP contribution in [0.3, 0.4) is 0 Å². The third kappa shape index (κ3) is 3.85. The molecule has 1 amide bonds. The van der Waals surface area contributed by atoms with Gasteiger partial charge in [0.2, 0.25) is 5.91 Å². The van der Waals surface area contributed by atoms with E-state index in [9.17, 15) is 4.79 Å². The quantitative estimate of drug-likeness (QED) is 0.847. The highest BCUT2D eigenvalue weighted by Crippen LogP contribution is 2.28. The molecule has 0 atom stereocenters. The second-order valence-corrected chi connectivity index (χ2v) is 5.90. The van der Waals surface area contributed by atoms with Crippen molar-refractivity contribution in [3.05, 3.63) is 54.4 Å². The molecular formula is C19H23N3O2. The van der Waals surface area contributed by atoms with Crippen molar-refractivity contribution < 1.29 is 9.53 Å². The highest BCUT2D eigenvalue weighted by molar-refractivity contribution is 5.77. The Kier molecular flexibility index (Phi) is 5.31. The summed E-state index contributed by atoms with van der Waals surface area (Å²) in [6.07, 6.45) is 4.87. The van der Waals surface area contributed by atoms with Gasteiger partial charge in [-0.3, -0.25) is 9.78 Å². The molecule has 2 aromatic rings. The van der Waals surface area contributed by atoms with Crippen molar-refractivity contribution >= 4 is 11.6 Å². The average molecular weight is 325 g/mol. The maximum Gasteiger partial charge on any atom is 0.223 e. The number of amides is 1. The van der Waals surface area contributed by atoms with Gasteiger partial charge in [0.1, 0.15) is 5.75 Å². The van der Waals surface area contributed by atoms with Crippen molar-refractivity contribution in [3.8, 4) is 5.75 Å². The zero-order chi connectivity index (χ0) is 16.8. The summed E-state index contributed by atoms with van der Waals surface area (Å²) in [5, 5.41) is 0. The normalized spacial score (nSPS) is 14.5. The van der Waals surface area contributed by atoms with E-state index in [1.165, 1.54) is 0 Å². The lowest BCUT2D eigenvalue weighted by molar-refractivity contribution is -0.131. The van der Waals surface area contributed by atoms with Crippen molar-refractivity contribution in [2.75, 3.05) is 38.2 Å². The molecule has 5 nitrogen and oxygen atoms in total. The third-order valence-corrected chi connectivity index (χ3v) is 4.41. The molecule has 0 N–H and O–H groups in total. The summed E-state index contributed by atoms with van der Waals surface area (Å²) in [7, 11) is 1.69. The Hall–Kier alpha value is -2.56. The number of methoxy groups -OCH3 is 1. The highest BCUT2D eigenvalue weighted by atomic mass is 16.5. The van der Waals surface area contributed by atoms with Crippen LogP contribution >= 0.6 is 0 Å². The first-order chi connectivity index (χ1) is 11.8. The van der Waals surface area contributed by atoms with E-state index in [1.54, 1.807) is 13.3 Å². The van der Waals surface area contributed by atoms with E-state index in [0.29, 0.717) is 6.42 Å². The third-order valence-electron chi connectivity index (χ3n) is 4.41. The minimum atomic E-state index is 0.221. The number of carbonyl (C=O) groups is 1. The smallest absolute Gasteiger partial charge is 0.223 e. The number of pyridine rings is 1. The summed E-state index contributed by atoms with van der Waals surface area (Å²) >= 11 is 0. The van der Waals surface area contributed by atoms with Gasteiger partial charge in [-0.1, -0.05) is 18.2 Å². The molecule has 5 heteroatoms. The molecule has 0 bridgehead atoms. The fourth-order valence-corrected chi connectivity index (χ4v) is 3.04. The number of aryl methyl sites for hydroxylation is 1. The van der Waals surface area contributed by atoms with E-state index in [0.717, 1.165) is 49.6 Å². The molecule has 1 saturated heterocycles. The zero-order valence-electron chi connectivity index (χ0n) is 14.0. The van der Waals surface area contributed by atoms with Gasteiger partial charge >= 0.3 is 0 Å². The second kappa shape index (κ2) is 7.81. The van der Waals surface area contributed by atoms with Crippen LogP contribution in [0.2, 0.25) is 0 Å². The molecule has 0 radical (unpaired) electrons. The van der Waals surface area contributed by atoms with Crippen molar-refractivity contribution in [1.82, 2.24) is 9.88 Å². The number of aromatic nitrogens is 1. The summed E-state index contributed by atoms with van der Waals surface area (Å²) in [5.74, 6) is 1.10. The van der Waals surface area contributed by atoms with Gasteiger partial charge in [-0.25, -0.2) is 0 Å². The number of para-hydroxylation sites is 2. The Morgan fingerprint density at radius 2 is 1.92 bits per heavy atom. The van der Waals surface area contributed by atoms with Crippen molar-refractivity contribution in [2.24, 2.45) is 0 Å². The maximum absolute atomic E-state index is 12.4. The molecule has 1 aromatic heterocycles. The molecule has 2 heterocycles. The van der Waals surface area contributed by atoms with Gasteiger partial charge in [-0.2, -0.15) is 0 Å². The first kappa shape index (κ1) is 16.3. The van der Waals surface area contributed by atoms with E-state index in [-0.39, 0.29) is 5.91 Å². The molecule has 1 aliphatic heterocycles. The molecular weight excluding hydrogens is 302 g/mol. The van der Waals surface area contributed by atoms with E-state index >= 15 is 0 Å². The molecule has 0 unspecified atom stereocenters. The van der Waals surface area contributed by atoms with Crippen LogP contribution in [0.4, 0.5) is 5.69 Å². The summed E-state index contributed by atoms with van der Waals surface area (Å²) in [6.45, 7) is 3.17. The van der Waals surface area contributed by atoms with Gasteiger partial charge in [0.05, 0.1) is 12.8 Å². The van der Waals surface area contributed by atoms with Crippen LogP contribution in [0.1, 0.15) is 12.0 Å². The number of piperazine rings is 1. The summed E-state index contributed by atoms with van der Waals surface area (Å²) in [6, 6.07) is 12.0. The number of carbonyl (C=O) groups excluding carboxylic acids is 1. The summed E-state index contributed by atoms with van der Waals surface area (Å²) in [5.41, 5.74) is 2.21. The first-order valence-corrected chi connectivity index (χ1v) is 8.32. The lowest BCUT2D eigenvalue weighted by atomic mass is 10.1. The number of hydrogen-bond acceptors (Lipinski definition) is 4. The molecule has 1 aromatic carbocycles. The van der Waals surface area contributed by atoms with E-state index in [1.807, 2.05) is 41.4 Å². The predicted octanol–water partition coefficient (Wildman–Crippen LogP) is 2.37. The van der Waals surface area contributed by atoms with Gasteiger partial charge in [-0.15, -0.1) is 0 Å². The molecule has 1 aliphatic rings. The topological polar surface area (TPSA) is 45.7 Å². The Labute approximate surface area is 142 Å². The van der Waals surface area contributed by atoms with Crippen molar-refractivity contribution in [1.29, 1.82) is 0 Å². The van der Waals surface area contributed by atoms with Crippen LogP contribution in [-0.2, 0) is 11.2 Å². The number of hydrogen-bond donors (Lipinski definition) is 0. The van der Waals surface area contributed by atoms with Crippen molar-refractivity contribution in [2.45, 2.75) is 12.8 Å². The van der Waals surface area contributed by atoms with E-state index in [4.69, 9.17) is 4.74 Å². The molecule has 126 valence electrons. The monoisotopic (exact) mass is 325 g/mol. The van der Waals surface area contributed by atoms with Crippen LogP contribution in [0.5, 0.6) is 5.75 Å². The molecule has 0 spiro atoms. The number of nitrogens with zero attached hydrogens (tertiary/aromatic N) is 3. The van der Waals surface area contributed by atoms with Gasteiger partial charge in [0, 0.05) is 45.0 Å². The summed E-state index contributed by atoms with van der Waals surface area (Å²) < 4.78 is 5.43. The Morgan fingerprint density at radius 3 is 2.62 bits per heavy atom. The zero-order valence-corrected chi connectivity index (χ0v) is 14.0. The number of rotatable bonds is 5. The van der Waals surface area contributed by atoms with Crippen LogP contribution in [0.25, 0.3) is 0 Å².